The lowest BCUT2D eigenvalue weighted by atomic mass is 10.1. The predicted molar refractivity (Wildman–Crippen MR) is 63.7 cm³/mol. The summed E-state index contributed by atoms with van der Waals surface area (Å²) in [5, 5.41) is 2.80. The number of aryl methyl sites for hydroxylation is 1. The number of aromatic nitrogens is 1. The first kappa shape index (κ1) is 12.6. The quantitative estimate of drug-likeness (QED) is 0.783. The third-order valence-electron chi connectivity index (χ3n) is 2.38. The Hall–Kier alpha value is -1.42. The number of carbonyl (C=O) groups is 1. The Morgan fingerprint density at radius 1 is 1.56 bits per heavy atom. The molecule has 1 atom stereocenters. The van der Waals surface area contributed by atoms with E-state index in [-0.39, 0.29) is 5.91 Å². The number of nitrogens with two attached hydrogens (primary N) is 1. The van der Waals surface area contributed by atoms with Gasteiger partial charge in [0.2, 0.25) is 5.91 Å². The number of nitrogens with zero attached hydrogens (tertiary/aromatic N) is 1. The van der Waals surface area contributed by atoms with Crippen LogP contribution >= 0.6 is 0 Å². The summed E-state index contributed by atoms with van der Waals surface area (Å²) in [5.74, 6) is -0.0950. The summed E-state index contributed by atoms with van der Waals surface area (Å²) in [7, 11) is 0. The highest BCUT2D eigenvalue weighted by Gasteiger charge is 2.11. The molecular formula is C12H19N3O. The Morgan fingerprint density at radius 2 is 2.31 bits per heavy atom. The van der Waals surface area contributed by atoms with Crippen molar-refractivity contribution in [2.24, 2.45) is 5.73 Å². The third-order valence-corrected chi connectivity index (χ3v) is 2.38. The van der Waals surface area contributed by atoms with E-state index < -0.39 is 6.04 Å². The molecule has 1 rings (SSSR count). The van der Waals surface area contributed by atoms with Gasteiger partial charge in [0, 0.05) is 18.4 Å². The van der Waals surface area contributed by atoms with E-state index >= 15 is 0 Å². The molecule has 0 fully saturated rings. The van der Waals surface area contributed by atoms with E-state index in [1.54, 1.807) is 6.20 Å². The molecule has 1 aromatic rings. The number of nitrogens with one attached hydrogen (secondary N) is 1. The standard InChI is InChI=1S/C12H19N3O/c1-3-4-11(13)12(16)15-8-10-6-5-9(2)14-7-10/h5-7,11H,3-4,8,13H2,1-2H3,(H,15,16). The highest BCUT2D eigenvalue weighted by Crippen LogP contribution is 1.99. The van der Waals surface area contributed by atoms with Gasteiger partial charge in [-0.3, -0.25) is 9.78 Å². The molecule has 4 heteroatoms. The topological polar surface area (TPSA) is 68.0 Å². The zero-order valence-corrected chi connectivity index (χ0v) is 9.86. The van der Waals surface area contributed by atoms with Crippen molar-refractivity contribution in [3.8, 4) is 0 Å². The summed E-state index contributed by atoms with van der Waals surface area (Å²) in [6.45, 7) is 4.43. The van der Waals surface area contributed by atoms with Gasteiger partial charge in [-0.1, -0.05) is 19.4 Å². The van der Waals surface area contributed by atoms with Crippen molar-refractivity contribution in [1.29, 1.82) is 0 Å². The Balaban J connectivity index is 2.39. The van der Waals surface area contributed by atoms with E-state index in [9.17, 15) is 4.79 Å². The lowest BCUT2D eigenvalue weighted by molar-refractivity contribution is -0.122. The van der Waals surface area contributed by atoms with Gasteiger partial charge in [0.05, 0.1) is 6.04 Å². The van der Waals surface area contributed by atoms with E-state index in [0.29, 0.717) is 6.54 Å². The first-order valence-electron chi connectivity index (χ1n) is 5.58. The molecule has 1 unspecified atom stereocenters. The van der Waals surface area contributed by atoms with Gasteiger partial charge in [-0.25, -0.2) is 0 Å². The van der Waals surface area contributed by atoms with Crippen molar-refractivity contribution in [2.75, 3.05) is 0 Å². The Kier molecular flexibility index (Phi) is 4.92. The van der Waals surface area contributed by atoms with Crippen LogP contribution in [0.2, 0.25) is 0 Å². The van der Waals surface area contributed by atoms with Gasteiger partial charge in [0.1, 0.15) is 0 Å². The van der Waals surface area contributed by atoms with Crippen molar-refractivity contribution in [2.45, 2.75) is 39.3 Å². The van der Waals surface area contributed by atoms with Crippen LogP contribution in [0.15, 0.2) is 18.3 Å². The van der Waals surface area contributed by atoms with Crippen LogP contribution < -0.4 is 11.1 Å². The number of pyridine rings is 1. The van der Waals surface area contributed by atoms with E-state index in [1.807, 2.05) is 26.0 Å². The fourth-order valence-electron chi connectivity index (χ4n) is 1.37. The van der Waals surface area contributed by atoms with Gasteiger partial charge >= 0.3 is 0 Å². The molecule has 0 spiro atoms. The number of carbonyl (C=O) groups excluding carboxylic acids is 1. The minimum Gasteiger partial charge on any atom is -0.351 e. The van der Waals surface area contributed by atoms with Crippen LogP contribution in [0.25, 0.3) is 0 Å². The summed E-state index contributed by atoms with van der Waals surface area (Å²) < 4.78 is 0. The van der Waals surface area contributed by atoms with Crippen LogP contribution in [0.3, 0.4) is 0 Å². The summed E-state index contributed by atoms with van der Waals surface area (Å²) in [6.07, 6.45) is 3.40. The maximum absolute atomic E-state index is 11.5. The van der Waals surface area contributed by atoms with E-state index in [0.717, 1.165) is 24.1 Å². The van der Waals surface area contributed by atoms with Gasteiger partial charge in [-0.2, -0.15) is 0 Å². The number of rotatable bonds is 5. The van der Waals surface area contributed by atoms with E-state index in [2.05, 4.69) is 10.3 Å². The molecule has 1 amide bonds. The van der Waals surface area contributed by atoms with Crippen LogP contribution in [-0.4, -0.2) is 16.9 Å². The second-order valence-electron chi connectivity index (χ2n) is 3.92. The molecule has 0 saturated heterocycles. The molecular weight excluding hydrogens is 202 g/mol. The molecule has 0 radical (unpaired) electrons. The molecule has 0 aliphatic carbocycles. The lowest BCUT2D eigenvalue weighted by Gasteiger charge is -2.10. The van der Waals surface area contributed by atoms with Crippen LogP contribution in [0, 0.1) is 6.92 Å². The minimum absolute atomic E-state index is 0.0950. The first-order chi connectivity index (χ1) is 7.63. The molecule has 0 aliphatic rings. The average Bonchev–Trinajstić information content (AvgIpc) is 2.28. The van der Waals surface area contributed by atoms with Gasteiger partial charge in [0.15, 0.2) is 0 Å². The summed E-state index contributed by atoms with van der Waals surface area (Å²) in [5.41, 5.74) is 7.65. The largest absolute Gasteiger partial charge is 0.351 e. The molecule has 16 heavy (non-hydrogen) atoms. The summed E-state index contributed by atoms with van der Waals surface area (Å²) in [6, 6.07) is 3.48. The van der Waals surface area contributed by atoms with Gasteiger partial charge in [-0.15, -0.1) is 0 Å². The molecule has 0 bridgehead atoms. The first-order valence-corrected chi connectivity index (χ1v) is 5.58. The fraction of sp³-hybridized carbons (Fsp3) is 0.500. The smallest absolute Gasteiger partial charge is 0.237 e. The zero-order chi connectivity index (χ0) is 12.0. The molecule has 0 saturated carbocycles. The van der Waals surface area contributed by atoms with Gasteiger partial charge in [-0.05, 0) is 25.0 Å². The Morgan fingerprint density at radius 3 is 2.88 bits per heavy atom. The van der Waals surface area contributed by atoms with Crippen molar-refractivity contribution < 1.29 is 4.79 Å². The predicted octanol–water partition coefficient (Wildman–Crippen LogP) is 1.13. The van der Waals surface area contributed by atoms with Gasteiger partial charge < -0.3 is 11.1 Å². The monoisotopic (exact) mass is 221 g/mol. The summed E-state index contributed by atoms with van der Waals surface area (Å²) in [4.78, 5) is 15.7. The summed E-state index contributed by atoms with van der Waals surface area (Å²) >= 11 is 0. The van der Waals surface area contributed by atoms with Crippen LogP contribution in [0.5, 0.6) is 0 Å². The Labute approximate surface area is 96.3 Å². The number of hydrogen-bond donors (Lipinski definition) is 2. The maximum atomic E-state index is 11.5. The van der Waals surface area contributed by atoms with Crippen LogP contribution in [0.1, 0.15) is 31.0 Å². The van der Waals surface area contributed by atoms with E-state index in [1.165, 1.54) is 0 Å². The van der Waals surface area contributed by atoms with Crippen molar-refractivity contribution in [3.05, 3.63) is 29.6 Å². The SMILES string of the molecule is CCCC(N)C(=O)NCc1ccc(C)nc1. The molecule has 0 aromatic carbocycles. The molecule has 1 heterocycles. The number of hydrogen-bond acceptors (Lipinski definition) is 3. The highest BCUT2D eigenvalue weighted by molar-refractivity contribution is 5.81. The minimum atomic E-state index is -0.400. The second-order valence-corrected chi connectivity index (χ2v) is 3.92. The molecule has 88 valence electrons. The third kappa shape index (κ3) is 3.98. The Bertz CT molecular complexity index is 335. The maximum Gasteiger partial charge on any atom is 0.237 e. The van der Waals surface area contributed by atoms with Crippen molar-refractivity contribution in [3.63, 3.8) is 0 Å². The second kappa shape index (κ2) is 6.23. The molecule has 3 N–H and O–H groups in total. The van der Waals surface area contributed by atoms with Gasteiger partial charge in [0.25, 0.3) is 0 Å². The van der Waals surface area contributed by atoms with Crippen LogP contribution in [-0.2, 0) is 11.3 Å². The lowest BCUT2D eigenvalue weighted by Crippen LogP contribution is -2.40. The van der Waals surface area contributed by atoms with E-state index in [4.69, 9.17) is 5.73 Å². The number of amides is 1. The zero-order valence-electron chi connectivity index (χ0n) is 9.86. The fourth-order valence-corrected chi connectivity index (χ4v) is 1.37. The molecule has 4 nitrogen and oxygen atoms in total. The van der Waals surface area contributed by atoms with Crippen molar-refractivity contribution >= 4 is 5.91 Å². The van der Waals surface area contributed by atoms with Crippen LogP contribution in [0.4, 0.5) is 0 Å². The molecule has 0 aliphatic heterocycles. The normalized spacial score (nSPS) is 12.2. The highest BCUT2D eigenvalue weighted by atomic mass is 16.2. The average molecular weight is 221 g/mol. The molecule has 1 aromatic heterocycles. The van der Waals surface area contributed by atoms with Crippen molar-refractivity contribution in [1.82, 2.24) is 10.3 Å².